The Balaban J connectivity index is 2.28. The van der Waals surface area contributed by atoms with Crippen molar-refractivity contribution in [2.45, 2.75) is 43.7 Å². The Kier molecular flexibility index (Phi) is 4.77. The second kappa shape index (κ2) is 5.36. The second-order valence-corrected chi connectivity index (χ2v) is 5.28. The van der Waals surface area contributed by atoms with E-state index in [4.69, 9.17) is 11.6 Å². The van der Waals surface area contributed by atoms with Crippen molar-refractivity contribution in [1.29, 1.82) is 0 Å². The largest absolute Gasteiger partial charge is 0.264 e. The fourth-order valence-electron chi connectivity index (χ4n) is 1.60. The van der Waals surface area contributed by atoms with Crippen molar-refractivity contribution in [3.63, 3.8) is 0 Å². The molecule has 0 amide bonds. The number of hydrogen-bond donors (Lipinski definition) is 1. The molecule has 0 radical (unpaired) electrons. The molecule has 1 aliphatic carbocycles. The van der Waals surface area contributed by atoms with Gasteiger partial charge in [-0.2, -0.15) is 0 Å². The summed E-state index contributed by atoms with van der Waals surface area (Å²) in [5.74, 6) is 0.858. The fourth-order valence-corrected chi connectivity index (χ4v) is 3.08. The molecule has 0 aliphatic heterocycles. The van der Waals surface area contributed by atoms with Crippen LogP contribution in [0, 0.1) is 5.92 Å². The minimum absolute atomic E-state index is 0.380. The molecule has 1 nitrogen and oxygen atoms in total. The SMILES string of the molecule is CCNSC1CC(C)CCC1Cl. The van der Waals surface area contributed by atoms with Crippen LogP contribution in [0.2, 0.25) is 0 Å². The lowest BCUT2D eigenvalue weighted by atomic mass is 9.90. The molecule has 0 aromatic rings. The molecule has 1 fully saturated rings. The normalized spacial score (nSPS) is 36.8. The number of halogens is 1. The lowest BCUT2D eigenvalue weighted by Crippen LogP contribution is -2.29. The highest BCUT2D eigenvalue weighted by atomic mass is 35.5. The first kappa shape index (κ1) is 10.7. The molecule has 1 saturated carbocycles. The smallest absolute Gasteiger partial charge is 0.0467 e. The van der Waals surface area contributed by atoms with E-state index in [2.05, 4.69) is 18.6 Å². The van der Waals surface area contributed by atoms with E-state index in [9.17, 15) is 0 Å². The molecule has 12 heavy (non-hydrogen) atoms. The van der Waals surface area contributed by atoms with E-state index >= 15 is 0 Å². The molecule has 0 saturated heterocycles. The third-order valence-corrected chi connectivity index (χ3v) is 4.30. The van der Waals surface area contributed by atoms with Crippen LogP contribution in [-0.2, 0) is 0 Å². The maximum absolute atomic E-state index is 6.22. The first-order valence-corrected chi connectivity index (χ1v) is 6.08. The van der Waals surface area contributed by atoms with Crippen LogP contribution in [0.5, 0.6) is 0 Å². The highest BCUT2D eigenvalue weighted by Crippen LogP contribution is 2.33. The van der Waals surface area contributed by atoms with Crippen LogP contribution < -0.4 is 4.72 Å². The first-order valence-electron chi connectivity index (χ1n) is 4.76. The summed E-state index contributed by atoms with van der Waals surface area (Å²) in [4.78, 5) is 0. The molecule has 1 N–H and O–H groups in total. The van der Waals surface area contributed by atoms with E-state index in [0.717, 1.165) is 12.5 Å². The maximum Gasteiger partial charge on any atom is 0.0467 e. The van der Waals surface area contributed by atoms with Gasteiger partial charge in [-0.05, 0) is 25.2 Å². The molecule has 0 heterocycles. The molecular weight excluding hydrogens is 190 g/mol. The third kappa shape index (κ3) is 3.15. The van der Waals surface area contributed by atoms with Gasteiger partial charge in [-0.1, -0.05) is 25.8 Å². The standard InChI is InChI=1S/C9H18ClNS/c1-3-11-12-9-6-7(2)4-5-8(9)10/h7-9,11H,3-6H2,1-2H3. The Labute approximate surface area is 84.8 Å². The van der Waals surface area contributed by atoms with Gasteiger partial charge in [0.1, 0.15) is 0 Å². The molecular formula is C9H18ClNS. The number of hydrogen-bond acceptors (Lipinski definition) is 2. The van der Waals surface area contributed by atoms with Crippen molar-refractivity contribution in [2.75, 3.05) is 6.54 Å². The lowest BCUT2D eigenvalue weighted by molar-refractivity contribution is 0.398. The van der Waals surface area contributed by atoms with Crippen LogP contribution in [0.4, 0.5) is 0 Å². The van der Waals surface area contributed by atoms with E-state index in [1.807, 2.05) is 11.9 Å². The third-order valence-electron chi connectivity index (χ3n) is 2.35. The molecule has 3 unspecified atom stereocenters. The van der Waals surface area contributed by atoms with Crippen molar-refractivity contribution in [3.8, 4) is 0 Å². The average Bonchev–Trinajstić information content (AvgIpc) is 2.07. The van der Waals surface area contributed by atoms with E-state index in [1.54, 1.807) is 0 Å². The average molecular weight is 208 g/mol. The van der Waals surface area contributed by atoms with Crippen LogP contribution in [0.3, 0.4) is 0 Å². The van der Waals surface area contributed by atoms with Gasteiger partial charge in [0.05, 0.1) is 0 Å². The van der Waals surface area contributed by atoms with Crippen molar-refractivity contribution in [1.82, 2.24) is 4.72 Å². The summed E-state index contributed by atoms with van der Waals surface area (Å²) in [5.41, 5.74) is 0. The maximum atomic E-state index is 6.22. The summed E-state index contributed by atoms with van der Waals surface area (Å²) in [6.45, 7) is 5.48. The molecule has 0 bridgehead atoms. The van der Waals surface area contributed by atoms with Crippen LogP contribution in [0.1, 0.15) is 33.1 Å². The van der Waals surface area contributed by atoms with Gasteiger partial charge in [0.25, 0.3) is 0 Å². The summed E-state index contributed by atoms with van der Waals surface area (Å²) in [7, 11) is 0. The molecule has 72 valence electrons. The number of alkyl halides is 1. The van der Waals surface area contributed by atoms with E-state index in [1.165, 1.54) is 19.3 Å². The minimum Gasteiger partial charge on any atom is -0.264 e. The van der Waals surface area contributed by atoms with E-state index < -0.39 is 0 Å². The Morgan fingerprint density at radius 2 is 2.25 bits per heavy atom. The van der Waals surface area contributed by atoms with E-state index in [0.29, 0.717) is 10.6 Å². The van der Waals surface area contributed by atoms with Gasteiger partial charge in [0.2, 0.25) is 0 Å². The highest BCUT2D eigenvalue weighted by molar-refractivity contribution is 7.98. The van der Waals surface area contributed by atoms with E-state index in [-0.39, 0.29) is 0 Å². The summed E-state index contributed by atoms with van der Waals surface area (Å²) >= 11 is 8.05. The summed E-state index contributed by atoms with van der Waals surface area (Å²) < 4.78 is 3.30. The van der Waals surface area contributed by atoms with Gasteiger partial charge in [0.15, 0.2) is 0 Å². The van der Waals surface area contributed by atoms with Crippen molar-refractivity contribution < 1.29 is 0 Å². The monoisotopic (exact) mass is 207 g/mol. The van der Waals surface area contributed by atoms with Gasteiger partial charge in [-0.15, -0.1) is 11.6 Å². The van der Waals surface area contributed by atoms with Crippen LogP contribution in [0.25, 0.3) is 0 Å². The van der Waals surface area contributed by atoms with Crippen molar-refractivity contribution in [3.05, 3.63) is 0 Å². The number of rotatable bonds is 3. The number of nitrogens with one attached hydrogen (secondary N) is 1. The predicted molar refractivity (Wildman–Crippen MR) is 57.7 cm³/mol. The molecule has 0 spiro atoms. The fraction of sp³-hybridized carbons (Fsp3) is 1.00. The minimum atomic E-state index is 0.380. The first-order chi connectivity index (χ1) is 5.74. The van der Waals surface area contributed by atoms with Crippen LogP contribution in [0.15, 0.2) is 0 Å². The van der Waals surface area contributed by atoms with Crippen LogP contribution in [-0.4, -0.2) is 17.2 Å². The zero-order chi connectivity index (χ0) is 8.97. The van der Waals surface area contributed by atoms with Crippen molar-refractivity contribution >= 4 is 23.5 Å². The summed E-state index contributed by atoms with van der Waals surface area (Å²) in [6.07, 6.45) is 3.76. The Morgan fingerprint density at radius 1 is 1.50 bits per heavy atom. The van der Waals surface area contributed by atoms with Gasteiger partial charge >= 0.3 is 0 Å². The molecule has 1 aliphatic rings. The summed E-state index contributed by atoms with van der Waals surface area (Å²) in [5, 5.41) is 1.00. The highest BCUT2D eigenvalue weighted by Gasteiger charge is 2.27. The van der Waals surface area contributed by atoms with Crippen molar-refractivity contribution in [2.24, 2.45) is 5.92 Å². The predicted octanol–water partition coefficient (Wildman–Crippen LogP) is 3.04. The van der Waals surface area contributed by atoms with Gasteiger partial charge < -0.3 is 0 Å². The lowest BCUT2D eigenvalue weighted by Gasteiger charge is -2.30. The topological polar surface area (TPSA) is 12.0 Å². The zero-order valence-corrected chi connectivity index (χ0v) is 9.42. The zero-order valence-electron chi connectivity index (χ0n) is 7.85. The molecule has 1 rings (SSSR count). The Bertz CT molecular complexity index is 132. The van der Waals surface area contributed by atoms with Gasteiger partial charge in [-0.3, -0.25) is 4.72 Å². The van der Waals surface area contributed by atoms with Gasteiger partial charge in [-0.25, -0.2) is 0 Å². The summed E-state index contributed by atoms with van der Waals surface area (Å²) in [6, 6.07) is 0. The molecule has 3 heteroatoms. The second-order valence-electron chi connectivity index (χ2n) is 3.59. The molecule has 0 aromatic heterocycles. The van der Waals surface area contributed by atoms with Gasteiger partial charge in [0, 0.05) is 17.2 Å². The quantitative estimate of drug-likeness (QED) is 0.564. The Hall–Kier alpha value is 0.600. The van der Waals surface area contributed by atoms with Crippen LogP contribution >= 0.6 is 23.5 Å². The molecule has 3 atom stereocenters. The Morgan fingerprint density at radius 3 is 2.92 bits per heavy atom. The molecule has 0 aromatic carbocycles.